The summed E-state index contributed by atoms with van der Waals surface area (Å²) in [6.07, 6.45) is 3.41. The lowest BCUT2D eigenvalue weighted by atomic mass is 10.1. The number of benzene rings is 1. The highest BCUT2D eigenvalue weighted by molar-refractivity contribution is 5.77. The maximum atomic E-state index is 5.46. The molecule has 4 nitrogen and oxygen atoms in total. The van der Waals surface area contributed by atoms with E-state index in [1.54, 1.807) is 12.3 Å². The third-order valence-electron chi connectivity index (χ3n) is 2.77. The van der Waals surface area contributed by atoms with Gasteiger partial charge in [-0.2, -0.15) is 0 Å². The fourth-order valence-electron chi connectivity index (χ4n) is 1.87. The van der Waals surface area contributed by atoms with Crippen molar-refractivity contribution >= 4 is 16.9 Å². The van der Waals surface area contributed by atoms with Gasteiger partial charge in [0, 0.05) is 11.5 Å². The largest absolute Gasteiger partial charge is 0.464 e. The van der Waals surface area contributed by atoms with Gasteiger partial charge in [0.1, 0.15) is 5.58 Å². The molecule has 2 heterocycles. The smallest absolute Gasteiger partial charge is 0.222 e. The Balaban J connectivity index is 1.76. The van der Waals surface area contributed by atoms with Crippen molar-refractivity contribution in [2.75, 3.05) is 5.73 Å². The van der Waals surface area contributed by atoms with Crippen molar-refractivity contribution in [2.45, 2.75) is 12.8 Å². The molecule has 1 aromatic carbocycles. The Kier molecular flexibility index (Phi) is 2.33. The summed E-state index contributed by atoms with van der Waals surface area (Å²) >= 11 is 0. The zero-order valence-electron chi connectivity index (χ0n) is 9.22. The minimum absolute atomic E-state index is 0.362. The topological polar surface area (TPSA) is 65.2 Å². The average molecular weight is 228 g/mol. The predicted molar refractivity (Wildman–Crippen MR) is 64.5 cm³/mol. The molecule has 17 heavy (non-hydrogen) atoms. The maximum absolute atomic E-state index is 5.46. The molecule has 0 spiro atoms. The highest BCUT2D eigenvalue weighted by atomic mass is 16.5. The normalized spacial score (nSPS) is 11.1. The van der Waals surface area contributed by atoms with Gasteiger partial charge < -0.3 is 14.7 Å². The van der Waals surface area contributed by atoms with Crippen LogP contribution >= 0.6 is 0 Å². The Morgan fingerprint density at radius 3 is 2.88 bits per heavy atom. The van der Waals surface area contributed by atoms with Gasteiger partial charge in [-0.05, 0) is 30.5 Å². The van der Waals surface area contributed by atoms with Crippen molar-refractivity contribution in [3.63, 3.8) is 0 Å². The fourth-order valence-corrected chi connectivity index (χ4v) is 1.87. The van der Waals surface area contributed by atoms with E-state index in [0.717, 1.165) is 29.5 Å². The van der Waals surface area contributed by atoms with Gasteiger partial charge in [-0.15, -0.1) is 0 Å². The summed E-state index contributed by atoms with van der Waals surface area (Å²) in [4.78, 5) is 0. The molecule has 0 atom stereocenters. The minimum atomic E-state index is 0.362. The van der Waals surface area contributed by atoms with E-state index in [4.69, 9.17) is 14.7 Å². The number of fused-ring (bicyclic) bond motifs is 1. The van der Waals surface area contributed by atoms with Gasteiger partial charge in [0.2, 0.25) is 5.88 Å². The molecular weight excluding hydrogens is 216 g/mol. The number of furan rings is 1. The standard InChI is InChI=1S/C13H12N2O2/c14-13-8-11(15-17-13)4-2-9-1-3-10-5-6-16-12(10)7-9/h1,3,5-8H,2,4,14H2. The van der Waals surface area contributed by atoms with Crippen LogP contribution in [0.25, 0.3) is 11.0 Å². The summed E-state index contributed by atoms with van der Waals surface area (Å²) < 4.78 is 10.2. The SMILES string of the molecule is Nc1cc(CCc2ccc3ccoc3c2)no1. The van der Waals surface area contributed by atoms with E-state index >= 15 is 0 Å². The molecule has 2 N–H and O–H groups in total. The number of rotatable bonds is 3. The molecule has 0 aliphatic carbocycles. The van der Waals surface area contributed by atoms with E-state index in [1.807, 2.05) is 6.07 Å². The number of hydrogen-bond donors (Lipinski definition) is 1. The lowest BCUT2D eigenvalue weighted by Crippen LogP contribution is -1.91. The van der Waals surface area contributed by atoms with E-state index in [9.17, 15) is 0 Å². The molecule has 3 rings (SSSR count). The zero-order valence-corrected chi connectivity index (χ0v) is 9.22. The van der Waals surface area contributed by atoms with Crippen LogP contribution in [0.4, 0.5) is 5.88 Å². The van der Waals surface area contributed by atoms with Crippen molar-refractivity contribution in [1.29, 1.82) is 0 Å². The van der Waals surface area contributed by atoms with Gasteiger partial charge in [0.05, 0.1) is 12.0 Å². The Morgan fingerprint density at radius 2 is 2.06 bits per heavy atom. The van der Waals surface area contributed by atoms with E-state index in [1.165, 1.54) is 5.56 Å². The lowest BCUT2D eigenvalue weighted by molar-refractivity contribution is 0.427. The van der Waals surface area contributed by atoms with Crippen molar-refractivity contribution in [3.8, 4) is 0 Å². The maximum Gasteiger partial charge on any atom is 0.222 e. The molecule has 3 aromatic rings. The van der Waals surface area contributed by atoms with Crippen LogP contribution in [-0.2, 0) is 12.8 Å². The molecule has 0 unspecified atom stereocenters. The van der Waals surface area contributed by atoms with Crippen LogP contribution in [0.5, 0.6) is 0 Å². The fraction of sp³-hybridized carbons (Fsp3) is 0.154. The molecule has 0 fully saturated rings. The lowest BCUT2D eigenvalue weighted by Gasteiger charge is -1.98. The number of anilines is 1. The van der Waals surface area contributed by atoms with Gasteiger partial charge in [0.15, 0.2) is 0 Å². The third-order valence-corrected chi connectivity index (χ3v) is 2.77. The van der Waals surface area contributed by atoms with Crippen LogP contribution in [0.15, 0.2) is 45.5 Å². The molecule has 0 aliphatic rings. The molecule has 2 aromatic heterocycles. The quantitative estimate of drug-likeness (QED) is 0.748. The van der Waals surface area contributed by atoms with Gasteiger partial charge in [-0.1, -0.05) is 17.3 Å². The molecule has 0 saturated heterocycles. The number of aromatic nitrogens is 1. The molecule has 86 valence electrons. The first-order valence-electron chi connectivity index (χ1n) is 5.48. The van der Waals surface area contributed by atoms with Gasteiger partial charge in [0.25, 0.3) is 0 Å². The number of aryl methyl sites for hydroxylation is 2. The van der Waals surface area contributed by atoms with Crippen molar-refractivity contribution in [2.24, 2.45) is 0 Å². The highest BCUT2D eigenvalue weighted by Gasteiger charge is 2.03. The van der Waals surface area contributed by atoms with Gasteiger partial charge in [-0.3, -0.25) is 0 Å². The van der Waals surface area contributed by atoms with Gasteiger partial charge in [-0.25, -0.2) is 0 Å². The van der Waals surface area contributed by atoms with Crippen molar-refractivity contribution < 1.29 is 8.94 Å². The second-order valence-electron chi connectivity index (χ2n) is 4.01. The second kappa shape index (κ2) is 3.97. The Labute approximate surface area is 98.0 Å². The van der Waals surface area contributed by atoms with Crippen LogP contribution in [0, 0.1) is 0 Å². The molecule has 0 aliphatic heterocycles. The number of nitrogens with two attached hydrogens (primary N) is 1. The van der Waals surface area contributed by atoms with Crippen LogP contribution < -0.4 is 5.73 Å². The first kappa shape index (κ1) is 9.96. The zero-order chi connectivity index (χ0) is 11.7. The number of nitrogens with zero attached hydrogens (tertiary/aromatic N) is 1. The predicted octanol–water partition coefficient (Wildman–Crippen LogP) is 2.79. The first-order valence-corrected chi connectivity index (χ1v) is 5.48. The number of nitrogen functional groups attached to an aromatic ring is 1. The summed E-state index contributed by atoms with van der Waals surface area (Å²) in [6.45, 7) is 0. The third kappa shape index (κ3) is 2.01. The van der Waals surface area contributed by atoms with E-state index in [2.05, 4.69) is 23.4 Å². The molecule has 0 amide bonds. The molecule has 0 bridgehead atoms. The summed E-state index contributed by atoms with van der Waals surface area (Å²) in [7, 11) is 0. The van der Waals surface area contributed by atoms with E-state index in [0.29, 0.717) is 5.88 Å². The van der Waals surface area contributed by atoms with Crippen LogP contribution in [0.3, 0.4) is 0 Å². The Hall–Kier alpha value is -2.23. The Morgan fingerprint density at radius 1 is 1.12 bits per heavy atom. The average Bonchev–Trinajstić information content (AvgIpc) is 2.94. The van der Waals surface area contributed by atoms with Crippen LogP contribution in [-0.4, -0.2) is 5.16 Å². The Bertz CT molecular complexity index is 639. The van der Waals surface area contributed by atoms with Crippen LogP contribution in [0.2, 0.25) is 0 Å². The minimum Gasteiger partial charge on any atom is -0.464 e. The summed E-state index contributed by atoms with van der Waals surface area (Å²) in [6, 6.07) is 9.92. The molecule has 4 heteroatoms. The first-order chi connectivity index (χ1) is 8.31. The van der Waals surface area contributed by atoms with Crippen molar-refractivity contribution in [1.82, 2.24) is 5.16 Å². The summed E-state index contributed by atoms with van der Waals surface area (Å²) in [5, 5.41) is 4.98. The second-order valence-corrected chi connectivity index (χ2v) is 4.01. The monoisotopic (exact) mass is 228 g/mol. The van der Waals surface area contributed by atoms with E-state index in [-0.39, 0.29) is 0 Å². The molecular formula is C13H12N2O2. The highest BCUT2D eigenvalue weighted by Crippen LogP contribution is 2.18. The number of hydrogen-bond acceptors (Lipinski definition) is 4. The molecule has 0 radical (unpaired) electrons. The van der Waals surface area contributed by atoms with E-state index < -0.39 is 0 Å². The van der Waals surface area contributed by atoms with Crippen molar-refractivity contribution in [3.05, 3.63) is 47.9 Å². The molecule has 0 saturated carbocycles. The summed E-state index contributed by atoms with van der Waals surface area (Å²) in [5.74, 6) is 0.362. The van der Waals surface area contributed by atoms with Gasteiger partial charge >= 0.3 is 0 Å². The summed E-state index contributed by atoms with van der Waals surface area (Å²) in [5.41, 5.74) is 8.48. The van der Waals surface area contributed by atoms with Crippen LogP contribution in [0.1, 0.15) is 11.3 Å².